The van der Waals surface area contributed by atoms with Crippen molar-refractivity contribution in [1.29, 1.82) is 0 Å². The van der Waals surface area contributed by atoms with Crippen molar-refractivity contribution < 1.29 is 4.79 Å². The van der Waals surface area contributed by atoms with Crippen LogP contribution in [0.4, 0.5) is 5.69 Å². The van der Waals surface area contributed by atoms with E-state index in [-0.39, 0.29) is 11.6 Å². The molecule has 3 heterocycles. The summed E-state index contributed by atoms with van der Waals surface area (Å²) in [4.78, 5) is 16.4. The summed E-state index contributed by atoms with van der Waals surface area (Å²) in [5.74, 6) is -0.348. The Bertz CT molecular complexity index is 1010. The van der Waals surface area contributed by atoms with E-state index in [1.54, 1.807) is 23.2 Å². The maximum absolute atomic E-state index is 12.4. The van der Waals surface area contributed by atoms with Crippen molar-refractivity contribution in [2.75, 3.05) is 5.32 Å². The van der Waals surface area contributed by atoms with Gasteiger partial charge >= 0.3 is 0 Å². The van der Waals surface area contributed by atoms with E-state index in [0.29, 0.717) is 16.2 Å². The third kappa shape index (κ3) is 2.53. The first-order chi connectivity index (χ1) is 11.7. The average Bonchev–Trinajstić information content (AvgIpc) is 3.24. The number of carbonyl (C=O) groups is 1. The van der Waals surface area contributed by atoms with Gasteiger partial charge in [-0.1, -0.05) is 17.7 Å². The third-order valence-corrected chi connectivity index (χ3v) is 4.00. The highest BCUT2D eigenvalue weighted by Gasteiger charge is 2.17. The number of rotatable bonds is 3. The Morgan fingerprint density at radius 2 is 1.92 bits per heavy atom. The molecule has 0 radical (unpaired) electrons. The molecular weight excluding hydrogens is 326 g/mol. The Morgan fingerprint density at radius 1 is 1.08 bits per heavy atom. The number of nitrogens with one attached hydrogen (secondary N) is 1. The first-order valence-electron chi connectivity index (χ1n) is 7.25. The summed E-state index contributed by atoms with van der Waals surface area (Å²) >= 11 is 6.26. The van der Waals surface area contributed by atoms with Gasteiger partial charge in [0.1, 0.15) is 0 Å². The second-order valence-corrected chi connectivity index (χ2v) is 5.54. The minimum Gasteiger partial charge on any atom is -0.321 e. The fourth-order valence-electron chi connectivity index (χ4n) is 2.43. The number of fused-ring (bicyclic) bond motifs is 1. The van der Waals surface area contributed by atoms with Crippen LogP contribution in [0.25, 0.3) is 11.2 Å². The average molecular weight is 338 g/mol. The molecule has 118 valence electrons. The quantitative estimate of drug-likeness (QED) is 0.623. The Kier molecular flexibility index (Phi) is 3.51. The second-order valence-electron chi connectivity index (χ2n) is 5.16. The fourth-order valence-corrected chi connectivity index (χ4v) is 2.71. The van der Waals surface area contributed by atoms with Crippen molar-refractivity contribution in [1.82, 2.24) is 19.2 Å². The normalized spacial score (nSPS) is 10.9. The first-order valence-corrected chi connectivity index (χ1v) is 7.63. The van der Waals surface area contributed by atoms with Crippen LogP contribution in [-0.2, 0) is 0 Å². The highest BCUT2D eigenvalue weighted by molar-refractivity contribution is 6.37. The summed E-state index contributed by atoms with van der Waals surface area (Å²) in [6, 6.07) is 12.9. The molecule has 0 spiro atoms. The van der Waals surface area contributed by atoms with Gasteiger partial charge in [-0.25, -0.2) is 9.50 Å². The van der Waals surface area contributed by atoms with Gasteiger partial charge in [0.15, 0.2) is 5.69 Å². The van der Waals surface area contributed by atoms with Gasteiger partial charge in [0.05, 0.1) is 16.9 Å². The summed E-state index contributed by atoms with van der Waals surface area (Å²) in [5, 5.41) is 7.37. The van der Waals surface area contributed by atoms with Gasteiger partial charge in [-0.3, -0.25) is 4.79 Å². The molecule has 3 aromatic heterocycles. The van der Waals surface area contributed by atoms with Gasteiger partial charge in [0.25, 0.3) is 5.91 Å². The number of hydrogen-bond acceptors (Lipinski definition) is 3. The molecule has 0 aliphatic heterocycles. The molecular formula is C17H12ClN5O. The zero-order valence-electron chi connectivity index (χ0n) is 12.4. The van der Waals surface area contributed by atoms with Gasteiger partial charge in [-0.15, -0.1) is 0 Å². The van der Waals surface area contributed by atoms with Crippen LogP contribution in [0.3, 0.4) is 0 Å². The molecule has 0 aliphatic rings. The SMILES string of the molecule is O=C(Nc1ccc(-n2ccnc2)cc1)c1nn2ccccc2c1Cl. The lowest BCUT2D eigenvalue weighted by Crippen LogP contribution is -2.13. The summed E-state index contributed by atoms with van der Waals surface area (Å²) in [6.07, 6.45) is 7.02. The highest BCUT2D eigenvalue weighted by atomic mass is 35.5. The van der Waals surface area contributed by atoms with Crippen molar-refractivity contribution >= 4 is 28.7 Å². The smallest absolute Gasteiger partial charge is 0.277 e. The maximum atomic E-state index is 12.4. The number of amides is 1. The van der Waals surface area contributed by atoms with E-state index in [1.807, 2.05) is 53.2 Å². The van der Waals surface area contributed by atoms with E-state index in [0.717, 1.165) is 5.69 Å². The van der Waals surface area contributed by atoms with Crippen LogP contribution in [0.2, 0.25) is 5.02 Å². The van der Waals surface area contributed by atoms with E-state index < -0.39 is 0 Å². The van der Waals surface area contributed by atoms with E-state index in [1.165, 1.54) is 0 Å². The second kappa shape index (κ2) is 5.82. The number of anilines is 1. The molecule has 6 nitrogen and oxygen atoms in total. The molecule has 4 aromatic rings. The number of carbonyl (C=O) groups excluding carboxylic acids is 1. The number of benzene rings is 1. The van der Waals surface area contributed by atoms with E-state index in [4.69, 9.17) is 11.6 Å². The van der Waals surface area contributed by atoms with Crippen LogP contribution in [0.1, 0.15) is 10.5 Å². The zero-order valence-corrected chi connectivity index (χ0v) is 13.2. The van der Waals surface area contributed by atoms with E-state index in [9.17, 15) is 4.79 Å². The van der Waals surface area contributed by atoms with Crippen LogP contribution in [0.15, 0.2) is 67.4 Å². The number of imidazole rings is 1. The number of halogens is 1. The van der Waals surface area contributed by atoms with Gasteiger partial charge in [-0.2, -0.15) is 5.10 Å². The molecule has 4 rings (SSSR count). The Labute approximate surface area is 142 Å². The summed E-state index contributed by atoms with van der Waals surface area (Å²) in [6.45, 7) is 0. The van der Waals surface area contributed by atoms with Gasteiger partial charge in [0.2, 0.25) is 0 Å². The van der Waals surface area contributed by atoms with Crippen molar-refractivity contribution in [3.05, 3.63) is 78.1 Å². The van der Waals surface area contributed by atoms with Crippen LogP contribution in [-0.4, -0.2) is 25.1 Å². The minimum absolute atomic E-state index is 0.196. The molecule has 0 aliphatic carbocycles. The molecule has 0 atom stereocenters. The zero-order chi connectivity index (χ0) is 16.5. The lowest BCUT2D eigenvalue weighted by molar-refractivity contribution is 0.102. The van der Waals surface area contributed by atoms with E-state index >= 15 is 0 Å². The molecule has 0 bridgehead atoms. The summed E-state index contributed by atoms with van der Waals surface area (Å²) < 4.78 is 3.46. The molecule has 0 unspecified atom stereocenters. The van der Waals surface area contributed by atoms with Crippen LogP contribution in [0, 0.1) is 0 Å². The Hall–Kier alpha value is -3.12. The fraction of sp³-hybridized carbons (Fsp3) is 0. The monoisotopic (exact) mass is 337 g/mol. The molecule has 7 heteroatoms. The van der Waals surface area contributed by atoms with Crippen LogP contribution < -0.4 is 5.32 Å². The molecule has 24 heavy (non-hydrogen) atoms. The summed E-state index contributed by atoms with van der Waals surface area (Å²) in [5.41, 5.74) is 2.51. The predicted molar refractivity (Wildman–Crippen MR) is 91.7 cm³/mol. The Morgan fingerprint density at radius 3 is 2.62 bits per heavy atom. The van der Waals surface area contributed by atoms with Crippen molar-refractivity contribution in [3.8, 4) is 5.69 Å². The van der Waals surface area contributed by atoms with E-state index in [2.05, 4.69) is 15.4 Å². The standard InChI is InChI=1S/C17H12ClN5O/c18-15-14-3-1-2-9-23(14)21-16(15)17(24)20-12-4-6-13(7-5-12)22-10-8-19-11-22/h1-11H,(H,20,24). The van der Waals surface area contributed by atoms with Gasteiger partial charge < -0.3 is 9.88 Å². The first kappa shape index (κ1) is 14.5. The van der Waals surface area contributed by atoms with Crippen LogP contribution >= 0.6 is 11.6 Å². The highest BCUT2D eigenvalue weighted by Crippen LogP contribution is 2.23. The van der Waals surface area contributed by atoms with Crippen molar-refractivity contribution in [2.24, 2.45) is 0 Å². The van der Waals surface area contributed by atoms with Crippen molar-refractivity contribution in [3.63, 3.8) is 0 Å². The molecule has 0 saturated heterocycles. The number of hydrogen-bond donors (Lipinski definition) is 1. The number of pyridine rings is 1. The third-order valence-electron chi connectivity index (χ3n) is 3.62. The molecule has 1 amide bonds. The largest absolute Gasteiger partial charge is 0.321 e. The Balaban J connectivity index is 1.58. The van der Waals surface area contributed by atoms with Gasteiger partial charge in [-0.05, 0) is 36.4 Å². The number of aromatic nitrogens is 4. The minimum atomic E-state index is -0.348. The van der Waals surface area contributed by atoms with Gasteiger partial charge in [0, 0.05) is 30.0 Å². The maximum Gasteiger partial charge on any atom is 0.277 e. The molecule has 1 aromatic carbocycles. The topological polar surface area (TPSA) is 64.2 Å². The van der Waals surface area contributed by atoms with Crippen molar-refractivity contribution in [2.45, 2.75) is 0 Å². The summed E-state index contributed by atoms with van der Waals surface area (Å²) in [7, 11) is 0. The van der Waals surface area contributed by atoms with Crippen LogP contribution in [0.5, 0.6) is 0 Å². The number of nitrogens with zero attached hydrogens (tertiary/aromatic N) is 4. The molecule has 1 N–H and O–H groups in total. The lowest BCUT2D eigenvalue weighted by Gasteiger charge is -2.06. The predicted octanol–water partition coefficient (Wildman–Crippen LogP) is 3.43. The molecule has 0 fully saturated rings. The lowest BCUT2D eigenvalue weighted by atomic mass is 10.2. The molecule has 0 saturated carbocycles.